The van der Waals surface area contributed by atoms with Gasteiger partial charge in [-0.3, -0.25) is 0 Å². The van der Waals surface area contributed by atoms with E-state index in [4.69, 9.17) is 16.6 Å². The molecule has 0 spiro atoms. The van der Waals surface area contributed by atoms with Gasteiger partial charge in [-0.25, -0.2) is 8.78 Å². The molecule has 0 aliphatic carbocycles. The highest BCUT2D eigenvalue weighted by Crippen LogP contribution is 2.40. The number of hydrogen-bond donors (Lipinski definition) is 4. The maximum absolute atomic E-state index is 13.2. The van der Waals surface area contributed by atoms with Crippen molar-refractivity contribution in [3.63, 3.8) is 0 Å². The Morgan fingerprint density at radius 2 is 2.00 bits per heavy atom. The van der Waals surface area contributed by atoms with Crippen LogP contribution in [-0.4, -0.2) is 22.7 Å². The molecule has 0 saturated carbocycles. The Labute approximate surface area is 99.0 Å². The van der Waals surface area contributed by atoms with Gasteiger partial charge in [-0.1, -0.05) is 15.9 Å². The maximum Gasteiger partial charge on any atom is 0.289 e. The van der Waals surface area contributed by atoms with Gasteiger partial charge in [0.15, 0.2) is 0 Å². The zero-order valence-electron chi connectivity index (χ0n) is 8.12. The van der Waals surface area contributed by atoms with E-state index in [1.165, 1.54) is 12.1 Å². The minimum Gasteiger partial charge on any atom is -0.505 e. The molecule has 0 aromatic heterocycles. The molecule has 0 radical (unpaired) electrons. The summed E-state index contributed by atoms with van der Waals surface area (Å²) in [4.78, 5) is 0. The van der Waals surface area contributed by atoms with Gasteiger partial charge in [0.2, 0.25) is 0 Å². The van der Waals surface area contributed by atoms with Crippen LogP contribution in [0.5, 0.6) is 5.75 Å². The molecule has 1 aromatic carbocycles. The largest absolute Gasteiger partial charge is 0.505 e. The van der Waals surface area contributed by atoms with Crippen molar-refractivity contribution in [2.45, 2.75) is 12.0 Å². The lowest BCUT2D eigenvalue weighted by atomic mass is 10.00. The average molecular weight is 297 g/mol. The van der Waals surface area contributed by atoms with Crippen LogP contribution in [-0.2, 0) is 0 Å². The predicted octanol–water partition coefficient (Wildman–Crippen LogP) is 1.36. The second kappa shape index (κ2) is 4.52. The standard InChI is InChI=1S/C9H11BrF2N2O2/c10-4-1-2-5(13)7(16)6(4)8(14)9(11,12)3-15/h1-2,8,15-16H,3,13-14H2/t8-/m1/s1. The lowest BCUT2D eigenvalue weighted by molar-refractivity contribution is -0.0717. The number of phenolic OH excluding ortho intramolecular Hbond substituents is 1. The van der Waals surface area contributed by atoms with Crippen molar-refractivity contribution < 1.29 is 19.0 Å². The highest BCUT2D eigenvalue weighted by Gasteiger charge is 2.40. The van der Waals surface area contributed by atoms with E-state index in [1.54, 1.807) is 0 Å². The second-order valence-corrected chi connectivity index (χ2v) is 4.15. The van der Waals surface area contributed by atoms with Crippen LogP contribution < -0.4 is 11.5 Å². The van der Waals surface area contributed by atoms with Crippen LogP contribution in [0.3, 0.4) is 0 Å². The smallest absolute Gasteiger partial charge is 0.289 e. The van der Waals surface area contributed by atoms with Crippen LogP contribution in [0.25, 0.3) is 0 Å². The van der Waals surface area contributed by atoms with Crippen molar-refractivity contribution in [2.24, 2.45) is 5.73 Å². The van der Waals surface area contributed by atoms with Gasteiger partial charge < -0.3 is 21.7 Å². The third kappa shape index (κ3) is 2.26. The van der Waals surface area contributed by atoms with Gasteiger partial charge in [0, 0.05) is 10.0 Å². The fraction of sp³-hybridized carbons (Fsp3) is 0.333. The summed E-state index contributed by atoms with van der Waals surface area (Å²) in [5, 5.41) is 18.1. The van der Waals surface area contributed by atoms with E-state index in [-0.39, 0.29) is 15.7 Å². The van der Waals surface area contributed by atoms with Crippen LogP contribution in [0.15, 0.2) is 16.6 Å². The summed E-state index contributed by atoms with van der Waals surface area (Å²) < 4.78 is 26.6. The van der Waals surface area contributed by atoms with Crippen LogP contribution in [0.4, 0.5) is 14.5 Å². The van der Waals surface area contributed by atoms with Gasteiger partial charge in [0.25, 0.3) is 5.92 Å². The van der Waals surface area contributed by atoms with E-state index in [0.29, 0.717) is 0 Å². The first-order chi connectivity index (χ1) is 7.31. The van der Waals surface area contributed by atoms with Gasteiger partial charge >= 0.3 is 0 Å². The summed E-state index contributed by atoms with van der Waals surface area (Å²) in [5.74, 6) is -4.04. The number of anilines is 1. The molecule has 7 heteroatoms. The Bertz CT molecular complexity index is 401. The van der Waals surface area contributed by atoms with E-state index in [1.807, 2.05) is 0 Å². The van der Waals surface area contributed by atoms with Crippen LogP contribution >= 0.6 is 15.9 Å². The molecule has 16 heavy (non-hydrogen) atoms. The molecule has 0 bridgehead atoms. The van der Waals surface area contributed by atoms with Gasteiger partial charge in [0.1, 0.15) is 18.4 Å². The van der Waals surface area contributed by atoms with E-state index >= 15 is 0 Å². The van der Waals surface area contributed by atoms with Gasteiger partial charge in [-0.15, -0.1) is 0 Å². The number of nitrogens with two attached hydrogens (primary N) is 2. The molecule has 0 heterocycles. The molecule has 0 amide bonds. The average Bonchev–Trinajstić information content (AvgIpc) is 2.24. The predicted molar refractivity (Wildman–Crippen MR) is 59.2 cm³/mol. The van der Waals surface area contributed by atoms with Crippen molar-refractivity contribution in [1.29, 1.82) is 0 Å². The third-order valence-corrected chi connectivity index (χ3v) is 2.86. The van der Waals surface area contributed by atoms with Crippen molar-refractivity contribution in [3.8, 4) is 5.75 Å². The number of nitrogen functional groups attached to an aromatic ring is 1. The quantitative estimate of drug-likeness (QED) is 0.501. The van der Waals surface area contributed by atoms with Gasteiger partial charge in [0.05, 0.1) is 5.69 Å². The van der Waals surface area contributed by atoms with Crippen molar-refractivity contribution in [2.75, 3.05) is 12.3 Å². The molecule has 0 aliphatic rings. The van der Waals surface area contributed by atoms with E-state index in [2.05, 4.69) is 15.9 Å². The monoisotopic (exact) mass is 296 g/mol. The first kappa shape index (κ1) is 13.1. The zero-order valence-corrected chi connectivity index (χ0v) is 9.71. The summed E-state index contributed by atoms with van der Waals surface area (Å²) in [5.41, 5.74) is 10.4. The van der Waals surface area contributed by atoms with Crippen LogP contribution in [0, 0.1) is 0 Å². The molecule has 0 fully saturated rings. The second-order valence-electron chi connectivity index (χ2n) is 3.30. The minimum absolute atomic E-state index is 0.0533. The molecule has 90 valence electrons. The molecule has 0 saturated heterocycles. The number of alkyl halides is 2. The Morgan fingerprint density at radius 1 is 1.44 bits per heavy atom. The Balaban J connectivity index is 3.28. The van der Waals surface area contributed by atoms with E-state index in [9.17, 15) is 13.9 Å². The Morgan fingerprint density at radius 3 is 2.50 bits per heavy atom. The molecular formula is C9H11BrF2N2O2. The number of aliphatic hydroxyl groups is 1. The lowest BCUT2D eigenvalue weighted by Gasteiger charge is -2.23. The number of benzene rings is 1. The fourth-order valence-electron chi connectivity index (χ4n) is 1.21. The first-order valence-electron chi connectivity index (χ1n) is 4.32. The SMILES string of the molecule is Nc1ccc(Br)c([C@@H](N)C(F)(F)CO)c1O. The van der Waals surface area contributed by atoms with Crippen molar-refractivity contribution in [1.82, 2.24) is 0 Å². The summed E-state index contributed by atoms with van der Waals surface area (Å²) >= 11 is 2.99. The maximum atomic E-state index is 13.2. The summed E-state index contributed by atoms with van der Waals surface area (Å²) in [6.07, 6.45) is 0. The molecule has 1 aromatic rings. The van der Waals surface area contributed by atoms with Crippen molar-refractivity contribution >= 4 is 21.6 Å². The van der Waals surface area contributed by atoms with Crippen molar-refractivity contribution in [3.05, 3.63) is 22.2 Å². The number of rotatable bonds is 3. The number of phenols is 1. The third-order valence-electron chi connectivity index (χ3n) is 2.17. The Kier molecular flexibility index (Phi) is 3.72. The first-order valence-corrected chi connectivity index (χ1v) is 5.11. The summed E-state index contributed by atoms with van der Waals surface area (Å²) in [6.45, 7) is -1.41. The highest BCUT2D eigenvalue weighted by molar-refractivity contribution is 9.10. The molecule has 6 N–H and O–H groups in total. The number of hydrogen-bond acceptors (Lipinski definition) is 4. The van der Waals surface area contributed by atoms with E-state index in [0.717, 1.165) is 0 Å². The summed E-state index contributed by atoms with van der Waals surface area (Å²) in [7, 11) is 0. The normalized spacial score (nSPS) is 13.8. The van der Waals surface area contributed by atoms with Crippen LogP contribution in [0.1, 0.15) is 11.6 Å². The van der Waals surface area contributed by atoms with Gasteiger partial charge in [-0.2, -0.15) is 0 Å². The summed E-state index contributed by atoms with van der Waals surface area (Å²) in [6, 6.07) is 0.917. The molecule has 0 aliphatic heterocycles. The molecule has 4 nitrogen and oxygen atoms in total. The number of halogens is 3. The molecule has 1 atom stereocenters. The molecule has 1 rings (SSSR count). The van der Waals surface area contributed by atoms with Crippen LogP contribution in [0.2, 0.25) is 0 Å². The van der Waals surface area contributed by atoms with Gasteiger partial charge in [-0.05, 0) is 12.1 Å². The zero-order chi connectivity index (χ0) is 12.5. The fourth-order valence-corrected chi connectivity index (χ4v) is 1.77. The molecular weight excluding hydrogens is 286 g/mol. The Hall–Kier alpha value is -0.920. The topological polar surface area (TPSA) is 92.5 Å². The highest BCUT2D eigenvalue weighted by atomic mass is 79.9. The molecule has 0 unspecified atom stereocenters. The van der Waals surface area contributed by atoms with E-state index < -0.39 is 24.3 Å². The number of aromatic hydroxyl groups is 1. The minimum atomic E-state index is -3.53. The lowest BCUT2D eigenvalue weighted by Crippen LogP contribution is -2.36. The number of aliphatic hydroxyl groups excluding tert-OH is 1.